The molecule has 2 aliphatic rings. The number of hydrogen-bond donors (Lipinski definition) is 0. The van der Waals surface area contributed by atoms with E-state index in [1.54, 1.807) is 0 Å². The van der Waals surface area contributed by atoms with Crippen LogP contribution in [-0.2, 0) is 4.65 Å². The van der Waals surface area contributed by atoms with Crippen LogP contribution in [0.15, 0.2) is 0 Å². The Morgan fingerprint density at radius 3 is 2.59 bits per heavy atom. The minimum Gasteiger partial charge on any atom is -0.421 e. The molecule has 0 amide bonds. The van der Waals surface area contributed by atoms with Crippen molar-refractivity contribution in [3.05, 3.63) is 0 Å². The average molecular weight is 237 g/mol. The van der Waals surface area contributed by atoms with Crippen LogP contribution >= 0.6 is 0 Å². The largest absolute Gasteiger partial charge is 0.421 e. The van der Waals surface area contributed by atoms with Crippen LogP contribution in [0.4, 0.5) is 0 Å². The van der Waals surface area contributed by atoms with Gasteiger partial charge in [-0.3, -0.25) is 0 Å². The van der Waals surface area contributed by atoms with Crippen molar-refractivity contribution in [3.8, 4) is 0 Å². The van der Waals surface area contributed by atoms with Gasteiger partial charge in [0.2, 0.25) is 0 Å². The molecular formula is C14H28BNO. The Hall–Kier alpha value is -0.0151. The normalized spacial score (nSPS) is 28.9. The van der Waals surface area contributed by atoms with E-state index in [1.165, 1.54) is 45.0 Å². The number of rotatable bonds is 3. The van der Waals surface area contributed by atoms with Crippen LogP contribution in [0.2, 0.25) is 6.32 Å². The van der Waals surface area contributed by atoms with Gasteiger partial charge in [-0.15, -0.1) is 0 Å². The van der Waals surface area contributed by atoms with E-state index in [2.05, 4.69) is 25.6 Å². The highest BCUT2D eigenvalue weighted by Gasteiger charge is 2.36. The summed E-state index contributed by atoms with van der Waals surface area (Å²) in [6.45, 7) is 9.14. The molecule has 98 valence electrons. The topological polar surface area (TPSA) is 12.5 Å². The Morgan fingerprint density at radius 1 is 1.24 bits per heavy atom. The third-order valence-electron chi connectivity index (χ3n) is 4.18. The Labute approximate surface area is 107 Å². The van der Waals surface area contributed by atoms with Crippen LogP contribution in [0.5, 0.6) is 0 Å². The molecule has 1 saturated heterocycles. The molecule has 0 spiro atoms. The van der Waals surface area contributed by atoms with E-state index in [9.17, 15) is 0 Å². The van der Waals surface area contributed by atoms with Crippen molar-refractivity contribution in [2.75, 3.05) is 13.2 Å². The molecule has 3 heteroatoms. The molecule has 0 aromatic heterocycles. The van der Waals surface area contributed by atoms with Gasteiger partial charge in [0.1, 0.15) is 0 Å². The van der Waals surface area contributed by atoms with Crippen LogP contribution in [0, 0.1) is 11.8 Å². The predicted octanol–water partition coefficient (Wildman–Crippen LogP) is 3.43. The smallest absolute Gasteiger partial charge is 0.382 e. The first-order chi connectivity index (χ1) is 8.16. The molecule has 17 heavy (non-hydrogen) atoms. The first-order valence-electron chi connectivity index (χ1n) is 7.54. The zero-order valence-electron chi connectivity index (χ0n) is 11.8. The van der Waals surface area contributed by atoms with Crippen molar-refractivity contribution in [2.24, 2.45) is 11.8 Å². The van der Waals surface area contributed by atoms with Crippen molar-refractivity contribution in [1.29, 1.82) is 0 Å². The third kappa shape index (κ3) is 3.72. The molecule has 1 saturated carbocycles. The predicted molar refractivity (Wildman–Crippen MR) is 74.1 cm³/mol. The summed E-state index contributed by atoms with van der Waals surface area (Å²) in [7, 11) is 0.397. The maximum Gasteiger partial charge on any atom is 0.382 e. The molecule has 0 radical (unpaired) electrons. The summed E-state index contributed by atoms with van der Waals surface area (Å²) in [4.78, 5) is 2.69. The van der Waals surface area contributed by atoms with Crippen LogP contribution in [-0.4, -0.2) is 31.1 Å². The molecular weight excluding hydrogens is 209 g/mol. The highest BCUT2D eigenvalue weighted by Crippen LogP contribution is 2.28. The van der Waals surface area contributed by atoms with Crippen molar-refractivity contribution in [3.63, 3.8) is 0 Å². The summed E-state index contributed by atoms with van der Waals surface area (Å²) >= 11 is 0. The number of hydrogen-bond acceptors (Lipinski definition) is 2. The van der Waals surface area contributed by atoms with Gasteiger partial charge < -0.3 is 9.47 Å². The fraction of sp³-hybridized carbons (Fsp3) is 1.00. The molecule has 0 N–H and O–H groups in total. The van der Waals surface area contributed by atoms with Crippen molar-refractivity contribution < 1.29 is 4.65 Å². The Balaban J connectivity index is 1.96. The molecule has 0 aromatic rings. The highest BCUT2D eigenvalue weighted by molar-refractivity contribution is 6.49. The lowest BCUT2D eigenvalue weighted by Gasteiger charge is -2.43. The van der Waals surface area contributed by atoms with Gasteiger partial charge in [-0.2, -0.15) is 0 Å². The van der Waals surface area contributed by atoms with E-state index >= 15 is 0 Å². The van der Waals surface area contributed by atoms with Crippen molar-refractivity contribution in [2.45, 2.75) is 65.2 Å². The fourth-order valence-corrected chi connectivity index (χ4v) is 3.30. The van der Waals surface area contributed by atoms with Crippen LogP contribution in [0.3, 0.4) is 0 Å². The van der Waals surface area contributed by atoms with Crippen molar-refractivity contribution >= 4 is 7.05 Å². The zero-order valence-corrected chi connectivity index (χ0v) is 11.8. The summed E-state index contributed by atoms with van der Waals surface area (Å²) in [6, 6.07) is 0.801. The maximum atomic E-state index is 6.09. The molecule has 1 aliphatic heterocycles. The van der Waals surface area contributed by atoms with E-state index in [1.807, 2.05) is 0 Å². The second kappa shape index (κ2) is 6.24. The summed E-state index contributed by atoms with van der Waals surface area (Å²) in [5.41, 5.74) is 0. The first-order valence-corrected chi connectivity index (χ1v) is 7.54. The van der Waals surface area contributed by atoms with E-state index in [0.29, 0.717) is 13.0 Å². The highest BCUT2D eigenvalue weighted by atomic mass is 16.4. The van der Waals surface area contributed by atoms with Gasteiger partial charge >= 0.3 is 7.05 Å². The van der Waals surface area contributed by atoms with E-state index in [0.717, 1.165) is 18.6 Å². The van der Waals surface area contributed by atoms with Gasteiger partial charge in [0.05, 0.1) is 0 Å². The van der Waals surface area contributed by atoms with E-state index < -0.39 is 0 Å². The maximum absolute atomic E-state index is 6.09. The monoisotopic (exact) mass is 237 g/mol. The first kappa shape index (κ1) is 13.4. The average Bonchev–Trinajstić information content (AvgIpc) is 2.32. The molecule has 2 fully saturated rings. The van der Waals surface area contributed by atoms with Gasteiger partial charge in [-0.1, -0.05) is 40.0 Å². The quantitative estimate of drug-likeness (QED) is 0.697. The van der Waals surface area contributed by atoms with Gasteiger partial charge in [-0.05, 0) is 37.5 Å². The minimum atomic E-state index is 0.397. The van der Waals surface area contributed by atoms with Crippen molar-refractivity contribution in [1.82, 2.24) is 4.81 Å². The SMILES string of the molecule is CC(C)CB1OC[C@@H](C)CN1C1CCCCC1. The molecule has 2 nitrogen and oxygen atoms in total. The van der Waals surface area contributed by atoms with E-state index in [4.69, 9.17) is 4.65 Å². The summed E-state index contributed by atoms with van der Waals surface area (Å²) in [6.07, 6.45) is 8.27. The number of nitrogens with zero attached hydrogens (tertiary/aromatic N) is 1. The molecule has 0 aromatic carbocycles. The lowest BCUT2D eigenvalue weighted by Crippen LogP contribution is -2.55. The van der Waals surface area contributed by atoms with Crippen LogP contribution in [0.25, 0.3) is 0 Å². The molecule has 1 aliphatic carbocycles. The Kier molecular flexibility index (Phi) is 4.92. The van der Waals surface area contributed by atoms with E-state index in [-0.39, 0.29) is 0 Å². The summed E-state index contributed by atoms with van der Waals surface area (Å²) in [5.74, 6) is 1.44. The fourth-order valence-electron chi connectivity index (χ4n) is 3.30. The molecule has 1 heterocycles. The standard InChI is InChI=1S/C14H28BNO/c1-12(2)9-15-16(10-13(3)11-17-15)14-7-5-4-6-8-14/h12-14H,4-11H2,1-3H3/t13-/m0/s1. The van der Waals surface area contributed by atoms with Crippen LogP contribution < -0.4 is 0 Å². The van der Waals surface area contributed by atoms with Crippen LogP contribution in [0.1, 0.15) is 52.9 Å². The summed E-state index contributed by atoms with van der Waals surface area (Å²) < 4.78 is 6.09. The van der Waals surface area contributed by atoms with Gasteiger partial charge in [0.15, 0.2) is 0 Å². The molecule has 2 rings (SSSR count). The molecule has 0 bridgehead atoms. The summed E-state index contributed by atoms with van der Waals surface area (Å²) in [5, 5.41) is 0. The zero-order chi connectivity index (χ0) is 12.3. The lowest BCUT2D eigenvalue weighted by atomic mass is 9.67. The van der Waals surface area contributed by atoms with Gasteiger partial charge in [0, 0.05) is 12.6 Å². The second-order valence-electron chi connectivity index (χ2n) is 6.51. The van der Waals surface area contributed by atoms with Gasteiger partial charge in [0.25, 0.3) is 0 Å². The second-order valence-corrected chi connectivity index (χ2v) is 6.51. The molecule has 0 unspecified atom stereocenters. The Bertz CT molecular complexity index is 228. The lowest BCUT2D eigenvalue weighted by molar-refractivity contribution is 0.108. The van der Waals surface area contributed by atoms with Gasteiger partial charge in [-0.25, -0.2) is 0 Å². The minimum absolute atomic E-state index is 0.397. The molecule has 1 atom stereocenters. The Morgan fingerprint density at radius 2 is 1.94 bits per heavy atom. The third-order valence-corrected chi connectivity index (χ3v) is 4.18.